The van der Waals surface area contributed by atoms with Crippen molar-refractivity contribution in [3.8, 4) is 22.8 Å². The first-order valence-electron chi connectivity index (χ1n) is 22.1. The molecule has 2 aromatic carbocycles. The van der Waals surface area contributed by atoms with Crippen LogP contribution in [0.25, 0.3) is 44.6 Å². The molecule has 10 rings (SSSR count). The Kier molecular flexibility index (Phi) is 11.0. The molecular formula is C50H47N5O12. The Labute approximate surface area is 383 Å². The van der Waals surface area contributed by atoms with Gasteiger partial charge in [-0.05, 0) is 70.0 Å². The van der Waals surface area contributed by atoms with Crippen LogP contribution >= 0.6 is 0 Å². The number of amides is 1. The van der Waals surface area contributed by atoms with Gasteiger partial charge < -0.3 is 38.1 Å². The van der Waals surface area contributed by atoms with E-state index in [1.165, 1.54) is 0 Å². The van der Waals surface area contributed by atoms with Gasteiger partial charge in [0.05, 0.1) is 58.0 Å². The summed E-state index contributed by atoms with van der Waals surface area (Å²) in [6.07, 6.45) is -0.485. The normalized spacial score (nSPS) is 18.4. The minimum absolute atomic E-state index is 0.0257. The third-order valence-electron chi connectivity index (χ3n) is 12.4. The Morgan fingerprint density at radius 3 is 1.55 bits per heavy atom. The van der Waals surface area contributed by atoms with Crippen LogP contribution < -0.4 is 16.4 Å². The summed E-state index contributed by atoms with van der Waals surface area (Å²) >= 11 is 0. The number of hydrogen-bond acceptors (Lipinski definition) is 14. The maximum atomic E-state index is 13.5. The van der Waals surface area contributed by atoms with Crippen LogP contribution in [0.1, 0.15) is 94.2 Å². The molecule has 67 heavy (non-hydrogen) atoms. The highest BCUT2D eigenvalue weighted by Crippen LogP contribution is 2.43. The number of aromatic nitrogens is 4. The summed E-state index contributed by atoms with van der Waals surface area (Å²) in [6, 6.07) is 22.9. The third-order valence-corrected chi connectivity index (χ3v) is 12.4. The highest BCUT2D eigenvalue weighted by atomic mass is 16.6. The number of nitrogens with one attached hydrogen (secondary N) is 1. The van der Waals surface area contributed by atoms with Gasteiger partial charge in [0.2, 0.25) is 11.2 Å². The second kappa shape index (κ2) is 16.6. The van der Waals surface area contributed by atoms with Crippen LogP contribution in [0, 0.1) is 0 Å². The molecule has 0 fully saturated rings. The summed E-state index contributed by atoms with van der Waals surface area (Å²) in [5, 5.41) is 4.29. The molecule has 0 radical (unpaired) electrons. The van der Waals surface area contributed by atoms with E-state index < -0.39 is 53.3 Å². The van der Waals surface area contributed by atoms with E-state index >= 15 is 0 Å². The summed E-state index contributed by atoms with van der Waals surface area (Å²) in [6.45, 7) is 9.98. The number of alkyl carbamates (subject to hydrolysis) is 1. The van der Waals surface area contributed by atoms with Crippen LogP contribution in [-0.4, -0.2) is 61.2 Å². The summed E-state index contributed by atoms with van der Waals surface area (Å²) < 4.78 is 30.3. The number of fused-ring (bicyclic) bond motifs is 10. The monoisotopic (exact) mass is 909 g/mol. The van der Waals surface area contributed by atoms with Crippen LogP contribution in [0.4, 0.5) is 4.79 Å². The fraction of sp³-hybridized carbons (Fsp3) is 0.340. The van der Waals surface area contributed by atoms with E-state index in [9.17, 15) is 33.6 Å². The van der Waals surface area contributed by atoms with E-state index in [4.69, 9.17) is 33.7 Å². The second-order valence-electron chi connectivity index (χ2n) is 17.7. The minimum Gasteiger partial charge on any atom is -0.457 e. The Morgan fingerprint density at radius 2 is 1.12 bits per heavy atom. The second-order valence-corrected chi connectivity index (χ2v) is 17.7. The van der Waals surface area contributed by atoms with E-state index in [0.29, 0.717) is 47.0 Å². The van der Waals surface area contributed by atoms with E-state index in [1.807, 2.05) is 60.7 Å². The lowest BCUT2D eigenvalue weighted by atomic mass is 9.85. The topological polar surface area (TPSA) is 213 Å². The molecule has 0 aliphatic carbocycles. The number of nitrogens with zero attached hydrogens (tertiary/aromatic N) is 4. The van der Waals surface area contributed by atoms with Crippen LogP contribution in [0.2, 0.25) is 0 Å². The van der Waals surface area contributed by atoms with E-state index in [1.54, 1.807) is 62.8 Å². The summed E-state index contributed by atoms with van der Waals surface area (Å²) in [5.41, 5.74) is 2.43. The Morgan fingerprint density at radius 1 is 0.672 bits per heavy atom. The number of carbonyl (C=O) groups is 5. The number of ether oxygens (including phenoxy) is 5. The molecule has 0 saturated carbocycles. The van der Waals surface area contributed by atoms with Gasteiger partial charge >= 0.3 is 30.0 Å². The highest BCUT2D eigenvalue weighted by molar-refractivity contribution is 5.90. The molecule has 344 valence electrons. The molecule has 1 amide bonds. The predicted molar refractivity (Wildman–Crippen MR) is 241 cm³/mol. The van der Waals surface area contributed by atoms with Gasteiger partial charge in [-0.3, -0.25) is 19.2 Å². The number of carbonyl (C=O) groups excluding carboxylic acids is 5. The molecule has 17 heteroatoms. The quantitative estimate of drug-likeness (QED) is 0.139. The molecule has 2 atom stereocenters. The van der Waals surface area contributed by atoms with E-state index in [0.717, 1.165) is 32.9 Å². The zero-order valence-electron chi connectivity index (χ0n) is 37.8. The van der Waals surface area contributed by atoms with Crippen molar-refractivity contribution in [2.45, 2.75) is 104 Å². The predicted octanol–water partition coefficient (Wildman–Crippen LogP) is 6.20. The first kappa shape index (κ1) is 44.5. The molecule has 0 spiro atoms. The molecule has 0 saturated heterocycles. The van der Waals surface area contributed by atoms with Gasteiger partial charge in [0.15, 0.2) is 0 Å². The molecule has 17 nitrogen and oxygen atoms in total. The zero-order valence-corrected chi connectivity index (χ0v) is 37.8. The Balaban J connectivity index is 0.000000171. The smallest absolute Gasteiger partial charge is 0.408 e. The molecule has 0 bridgehead atoms. The van der Waals surface area contributed by atoms with Crippen molar-refractivity contribution in [2.75, 3.05) is 6.54 Å². The molecule has 8 heterocycles. The summed E-state index contributed by atoms with van der Waals surface area (Å²) in [5.74, 6) is -2.81. The van der Waals surface area contributed by atoms with Crippen LogP contribution in [-0.2, 0) is 80.4 Å². The van der Waals surface area contributed by atoms with Crippen molar-refractivity contribution >= 4 is 51.8 Å². The van der Waals surface area contributed by atoms with Gasteiger partial charge in [-0.1, -0.05) is 57.2 Å². The van der Waals surface area contributed by atoms with Crippen molar-refractivity contribution in [2.24, 2.45) is 0 Å². The average molecular weight is 910 g/mol. The van der Waals surface area contributed by atoms with Crippen LogP contribution in [0.3, 0.4) is 0 Å². The SMILES string of the molecule is CCC(=O)O[C@]1(CC)C(=O)OCc2c1cc1n(c2=O)Cc2cc3ccccc3nc2-1.CC[C@@]1(OC(=O)CNC(=O)OC(C)(C)C)C(=O)OCc2c1cc1n(c2=O)Cc2cc3ccccc3nc2-1. The number of rotatable bonds is 7. The van der Waals surface area contributed by atoms with Crippen molar-refractivity contribution < 1.29 is 47.7 Å². The van der Waals surface area contributed by atoms with Crippen molar-refractivity contribution in [1.29, 1.82) is 0 Å². The molecule has 0 unspecified atom stereocenters. The molecule has 4 aromatic heterocycles. The Hall–Kier alpha value is -7.69. The first-order chi connectivity index (χ1) is 32.0. The number of benzene rings is 2. The number of pyridine rings is 4. The summed E-state index contributed by atoms with van der Waals surface area (Å²) in [4.78, 5) is 99.1. The molecule has 6 aromatic rings. The van der Waals surface area contributed by atoms with E-state index in [-0.39, 0.29) is 54.7 Å². The van der Waals surface area contributed by atoms with E-state index in [2.05, 4.69) is 5.32 Å². The van der Waals surface area contributed by atoms with Gasteiger partial charge in [0, 0.05) is 39.4 Å². The van der Waals surface area contributed by atoms with Crippen LogP contribution in [0.15, 0.2) is 82.4 Å². The standard InChI is InChI=1S/C27H27N3O7.C23H20N2O5/c1-5-27(36-21(31)12-28-25(34)37-26(2,3)4)18-11-20-22-16(10-15-8-6-7-9-19(15)29-22)13-30(20)23(32)17(18)14-35-24(27)33;1-3-19(26)30-23(4-2)16-10-18-20-14(9-13-7-5-6-8-17(13)24-20)11-25(18)21(27)15(16)12-29-22(23)28/h6-11H,5,12-14H2,1-4H3,(H,28,34);5-10H,3-4,11-12H2,1-2H3/t27-;23-/m00/s1. The fourth-order valence-electron chi connectivity index (χ4n) is 9.12. The van der Waals surface area contributed by atoms with Crippen molar-refractivity contribution in [3.63, 3.8) is 0 Å². The van der Waals surface area contributed by atoms with Gasteiger partial charge in [0.25, 0.3) is 11.1 Å². The largest absolute Gasteiger partial charge is 0.457 e. The van der Waals surface area contributed by atoms with Crippen molar-refractivity contribution in [1.82, 2.24) is 24.4 Å². The maximum Gasteiger partial charge on any atom is 0.408 e. The lowest BCUT2D eigenvalue weighted by Crippen LogP contribution is -2.49. The van der Waals surface area contributed by atoms with Crippen molar-refractivity contribution in [3.05, 3.63) is 127 Å². The maximum absolute atomic E-state index is 13.5. The van der Waals surface area contributed by atoms with Gasteiger partial charge in [-0.25, -0.2) is 24.4 Å². The molecular weight excluding hydrogens is 863 g/mol. The molecule has 4 aliphatic rings. The van der Waals surface area contributed by atoms with Gasteiger partial charge in [-0.15, -0.1) is 0 Å². The van der Waals surface area contributed by atoms with Gasteiger partial charge in [-0.2, -0.15) is 0 Å². The van der Waals surface area contributed by atoms with Crippen LogP contribution in [0.5, 0.6) is 0 Å². The number of hydrogen-bond donors (Lipinski definition) is 1. The summed E-state index contributed by atoms with van der Waals surface area (Å²) in [7, 11) is 0. The number of esters is 4. The minimum atomic E-state index is -1.84. The molecule has 4 aliphatic heterocycles. The highest BCUT2D eigenvalue weighted by Gasteiger charge is 2.52. The zero-order chi connectivity index (χ0) is 47.6. The average Bonchev–Trinajstić information content (AvgIpc) is 3.86. The number of para-hydroxylation sites is 2. The molecule has 1 N–H and O–H groups in total. The lowest BCUT2D eigenvalue weighted by Gasteiger charge is -2.35. The lowest BCUT2D eigenvalue weighted by molar-refractivity contribution is -0.189. The van der Waals surface area contributed by atoms with Gasteiger partial charge in [0.1, 0.15) is 25.4 Å². The Bertz CT molecular complexity index is 3240. The fourth-order valence-corrected chi connectivity index (χ4v) is 9.12. The third kappa shape index (κ3) is 7.57. The first-order valence-corrected chi connectivity index (χ1v) is 22.1. The number of cyclic esters (lactones) is 2.